The largest absolute Gasteiger partial charge is 0.344 e. The second-order valence-electron chi connectivity index (χ2n) is 10.0. The van der Waals surface area contributed by atoms with Crippen LogP contribution in [0, 0.1) is 17.3 Å². The number of allylic oxidation sites excluding steroid dienone is 4. The van der Waals surface area contributed by atoms with E-state index in [4.69, 9.17) is 11.6 Å². The Morgan fingerprint density at radius 3 is 2.65 bits per heavy atom. The summed E-state index contributed by atoms with van der Waals surface area (Å²) in [7, 11) is 0. The first-order chi connectivity index (χ1) is 14.7. The number of carbonyl (C=O) groups excluding carboxylic acids is 2. The lowest BCUT2D eigenvalue weighted by Gasteiger charge is -2.46. The molecule has 0 aromatic heterocycles. The summed E-state index contributed by atoms with van der Waals surface area (Å²) in [4.78, 5) is 32.2. The van der Waals surface area contributed by atoms with Gasteiger partial charge in [0.25, 0.3) is 0 Å². The molecular formula is C25H36ClN3O2. The number of nitrogens with one attached hydrogen (secondary N) is 1. The minimum Gasteiger partial charge on any atom is -0.344 e. The summed E-state index contributed by atoms with van der Waals surface area (Å²) in [5, 5.41) is 3.94. The maximum absolute atomic E-state index is 13.4. The number of piperidine rings is 1. The van der Waals surface area contributed by atoms with E-state index in [0.717, 1.165) is 36.4 Å². The molecule has 1 aliphatic carbocycles. The lowest BCUT2D eigenvalue weighted by molar-refractivity contribution is -0.141. The summed E-state index contributed by atoms with van der Waals surface area (Å²) in [5.74, 6) is 0.436. The van der Waals surface area contributed by atoms with Crippen LogP contribution in [0.4, 0.5) is 0 Å². The highest BCUT2D eigenvalue weighted by atomic mass is 35.5. The molecular weight excluding hydrogens is 410 g/mol. The zero-order valence-corrected chi connectivity index (χ0v) is 20.0. The van der Waals surface area contributed by atoms with E-state index < -0.39 is 6.04 Å². The Hall–Kier alpha value is -1.88. The van der Waals surface area contributed by atoms with Gasteiger partial charge in [-0.3, -0.25) is 14.6 Å². The van der Waals surface area contributed by atoms with Gasteiger partial charge in [0, 0.05) is 37.2 Å². The fourth-order valence-corrected chi connectivity index (χ4v) is 5.11. The number of hydrogen-bond donors (Lipinski definition) is 1. The SMILES string of the molecule is CC(C)[C@@H](NC(=O)CC1=CCN=CC1)C(=O)N1CC[C@H](C2=CC=C(Cl)CC2)C(C)(C)C1. The maximum atomic E-state index is 13.4. The standard InChI is InChI=1S/C25H36ClN3O2/c1-17(2)23(28-22(30)15-18-9-12-27-13-10-18)24(31)29-14-11-21(25(3,4)16-29)19-5-7-20(26)8-6-19/h5,7,9,13,17,21,23H,6,8,10-12,14-16H2,1-4H3,(H,28,30)/t21-,23-/m1/s1. The summed E-state index contributed by atoms with van der Waals surface area (Å²) in [6.07, 6.45) is 12.0. The van der Waals surface area contributed by atoms with Crippen molar-refractivity contribution >= 4 is 29.6 Å². The highest BCUT2D eigenvalue weighted by molar-refractivity contribution is 6.29. The molecule has 1 saturated heterocycles. The molecule has 1 N–H and O–H groups in total. The van der Waals surface area contributed by atoms with Gasteiger partial charge in [-0.15, -0.1) is 0 Å². The molecule has 0 unspecified atom stereocenters. The smallest absolute Gasteiger partial charge is 0.245 e. The topological polar surface area (TPSA) is 61.8 Å². The third-order valence-electron chi connectivity index (χ3n) is 6.72. The van der Waals surface area contributed by atoms with Crippen molar-refractivity contribution in [2.45, 2.75) is 65.8 Å². The van der Waals surface area contributed by atoms with Gasteiger partial charge in [0.05, 0.1) is 6.54 Å². The van der Waals surface area contributed by atoms with Gasteiger partial charge in [0.2, 0.25) is 11.8 Å². The predicted molar refractivity (Wildman–Crippen MR) is 127 cm³/mol. The molecule has 2 heterocycles. The number of halogens is 1. The van der Waals surface area contributed by atoms with Crippen LogP contribution in [0.15, 0.2) is 39.4 Å². The number of aliphatic imine (C=N–C) groups is 1. The molecule has 3 aliphatic rings. The third kappa shape index (κ3) is 6.09. The molecule has 3 rings (SSSR count). The molecule has 31 heavy (non-hydrogen) atoms. The van der Waals surface area contributed by atoms with Crippen LogP contribution in [0.2, 0.25) is 0 Å². The summed E-state index contributed by atoms with van der Waals surface area (Å²) in [6.45, 7) is 10.5. The summed E-state index contributed by atoms with van der Waals surface area (Å²) in [6, 6.07) is -0.492. The average Bonchev–Trinajstić information content (AvgIpc) is 2.72. The lowest BCUT2D eigenvalue weighted by atomic mass is 9.68. The predicted octanol–water partition coefficient (Wildman–Crippen LogP) is 4.64. The Kier molecular flexibility index (Phi) is 7.79. The fraction of sp³-hybridized carbons (Fsp3) is 0.640. The Balaban J connectivity index is 1.63. The van der Waals surface area contributed by atoms with Gasteiger partial charge in [0.1, 0.15) is 6.04 Å². The van der Waals surface area contributed by atoms with Gasteiger partial charge in [-0.1, -0.05) is 62.6 Å². The number of nitrogens with zero attached hydrogens (tertiary/aromatic N) is 2. The molecule has 1 fully saturated rings. The molecule has 0 spiro atoms. The summed E-state index contributed by atoms with van der Waals surface area (Å²) >= 11 is 6.14. The highest BCUT2D eigenvalue weighted by Gasteiger charge is 2.41. The molecule has 0 saturated carbocycles. The first-order valence-corrected chi connectivity index (χ1v) is 11.8. The normalized spacial score (nSPS) is 24.3. The zero-order valence-electron chi connectivity index (χ0n) is 19.3. The van der Waals surface area contributed by atoms with Gasteiger partial charge in [0.15, 0.2) is 0 Å². The van der Waals surface area contributed by atoms with Crippen molar-refractivity contribution in [2.24, 2.45) is 22.2 Å². The maximum Gasteiger partial charge on any atom is 0.245 e. The Labute approximate surface area is 191 Å². The molecule has 0 bridgehead atoms. The molecule has 2 amide bonds. The van der Waals surface area contributed by atoms with Crippen LogP contribution in [0.25, 0.3) is 0 Å². The van der Waals surface area contributed by atoms with Crippen LogP contribution in [0.3, 0.4) is 0 Å². The van der Waals surface area contributed by atoms with E-state index in [9.17, 15) is 9.59 Å². The second-order valence-corrected chi connectivity index (χ2v) is 10.5. The number of likely N-dealkylation sites (tertiary alicyclic amines) is 1. The Bertz CT molecular complexity index is 823. The second kappa shape index (κ2) is 10.2. The van der Waals surface area contributed by atoms with Gasteiger partial charge in [-0.2, -0.15) is 0 Å². The first-order valence-electron chi connectivity index (χ1n) is 11.5. The first kappa shape index (κ1) is 23.8. The Morgan fingerprint density at radius 1 is 1.29 bits per heavy atom. The number of carbonyl (C=O) groups is 2. The molecule has 0 aromatic rings. The minimum atomic E-state index is -0.492. The van der Waals surface area contributed by atoms with E-state index >= 15 is 0 Å². The van der Waals surface area contributed by atoms with Crippen LogP contribution >= 0.6 is 11.6 Å². The highest BCUT2D eigenvalue weighted by Crippen LogP contribution is 2.43. The summed E-state index contributed by atoms with van der Waals surface area (Å²) < 4.78 is 0. The van der Waals surface area contributed by atoms with Gasteiger partial charge < -0.3 is 10.2 Å². The number of hydrogen-bond acceptors (Lipinski definition) is 3. The average molecular weight is 446 g/mol. The van der Waals surface area contributed by atoms with Crippen LogP contribution in [-0.2, 0) is 9.59 Å². The van der Waals surface area contributed by atoms with Gasteiger partial charge in [-0.25, -0.2) is 0 Å². The van der Waals surface area contributed by atoms with E-state index in [1.54, 1.807) is 0 Å². The third-order valence-corrected chi connectivity index (χ3v) is 7.04. The summed E-state index contributed by atoms with van der Waals surface area (Å²) in [5.41, 5.74) is 2.49. The Morgan fingerprint density at radius 2 is 2.06 bits per heavy atom. The number of rotatable bonds is 6. The van der Waals surface area contributed by atoms with Gasteiger partial charge in [-0.05, 0) is 42.6 Å². The number of amides is 2. The van der Waals surface area contributed by atoms with Crippen molar-refractivity contribution in [3.8, 4) is 0 Å². The van der Waals surface area contributed by atoms with Crippen LogP contribution in [0.1, 0.15) is 59.8 Å². The van der Waals surface area contributed by atoms with Crippen LogP contribution in [-0.4, -0.2) is 48.6 Å². The van der Waals surface area contributed by atoms with E-state index in [-0.39, 0.29) is 23.1 Å². The molecule has 0 aromatic carbocycles. The van der Waals surface area contributed by atoms with Crippen molar-refractivity contribution in [1.29, 1.82) is 0 Å². The zero-order chi connectivity index (χ0) is 22.6. The van der Waals surface area contributed by atoms with Crippen LogP contribution < -0.4 is 5.32 Å². The van der Waals surface area contributed by atoms with Crippen molar-refractivity contribution < 1.29 is 9.59 Å². The minimum absolute atomic E-state index is 0.0187. The van der Waals surface area contributed by atoms with Crippen LogP contribution in [0.5, 0.6) is 0 Å². The lowest BCUT2D eigenvalue weighted by Crippen LogP contribution is -2.56. The fourth-order valence-electron chi connectivity index (χ4n) is 4.96. The molecule has 170 valence electrons. The molecule has 5 nitrogen and oxygen atoms in total. The van der Waals surface area contributed by atoms with Crippen molar-refractivity contribution in [3.63, 3.8) is 0 Å². The number of dihydropyridines is 1. The van der Waals surface area contributed by atoms with E-state index in [2.05, 4.69) is 30.2 Å². The van der Waals surface area contributed by atoms with E-state index in [0.29, 0.717) is 31.8 Å². The van der Waals surface area contributed by atoms with Crippen molar-refractivity contribution in [2.75, 3.05) is 19.6 Å². The van der Waals surface area contributed by atoms with Crippen molar-refractivity contribution in [3.05, 3.63) is 34.4 Å². The quantitative estimate of drug-likeness (QED) is 0.605. The molecule has 0 radical (unpaired) electrons. The van der Waals surface area contributed by atoms with E-state index in [1.807, 2.05) is 37.1 Å². The monoisotopic (exact) mass is 445 g/mol. The molecule has 2 atom stereocenters. The molecule has 6 heteroatoms. The van der Waals surface area contributed by atoms with Crippen molar-refractivity contribution in [1.82, 2.24) is 10.2 Å². The van der Waals surface area contributed by atoms with E-state index in [1.165, 1.54) is 5.57 Å². The molecule has 2 aliphatic heterocycles. The van der Waals surface area contributed by atoms with Gasteiger partial charge >= 0.3 is 0 Å².